The topological polar surface area (TPSA) is 79.5 Å². The monoisotopic (exact) mass is 320 g/mol. The lowest BCUT2D eigenvalue weighted by Crippen LogP contribution is -2.34. The Balaban J connectivity index is 1.71. The molecule has 0 aliphatic rings. The van der Waals surface area contributed by atoms with E-state index in [1.54, 1.807) is 17.4 Å². The number of halogens is 1. The number of nitrogens with zero attached hydrogens (tertiary/aromatic N) is 1. The van der Waals surface area contributed by atoms with E-state index in [2.05, 4.69) is 15.6 Å². The summed E-state index contributed by atoms with van der Waals surface area (Å²) in [7, 11) is 0. The summed E-state index contributed by atoms with van der Waals surface area (Å²) >= 11 is 1.68. The van der Waals surface area contributed by atoms with Gasteiger partial charge in [-0.15, -0.1) is 11.3 Å². The molecule has 0 saturated heterocycles. The molecule has 116 valence electrons. The van der Waals surface area contributed by atoms with Gasteiger partial charge in [0.05, 0.1) is 0 Å². The summed E-state index contributed by atoms with van der Waals surface area (Å²) in [5, 5.41) is 7.51. The van der Waals surface area contributed by atoms with Crippen molar-refractivity contribution in [1.82, 2.24) is 5.32 Å². The lowest BCUT2D eigenvalue weighted by atomic mass is 10.3. The number of nitrogens with two attached hydrogens (primary N) is 1. The molecular weight excluding hydrogens is 303 g/mol. The second-order valence-corrected chi connectivity index (χ2v) is 5.55. The molecule has 22 heavy (non-hydrogen) atoms. The van der Waals surface area contributed by atoms with Gasteiger partial charge in [0.25, 0.3) is 0 Å². The average molecular weight is 320 g/mol. The van der Waals surface area contributed by atoms with Gasteiger partial charge in [-0.1, -0.05) is 12.1 Å². The number of guanidine groups is 1. The third kappa shape index (κ3) is 5.53. The van der Waals surface area contributed by atoms with Crippen molar-refractivity contribution in [1.29, 1.82) is 0 Å². The summed E-state index contributed by atoms with van der Waals surface area (Å²) in [6.45, 7) is 0.537. The van der Waals surface area contributed by atoms with E-state index in [9.17, 15) is 9.18 Å². The molecule has 1 aromatic carbocycles. The number of amides is 1. The molecule has 2 rings (SSSR count). The van der Waals surface area contributed by atoms with E-state index in [-0.39, 0.29) is 18.4 Å². The number of nitrogens with one attached hydrogen (secondary N) is 2. The predicted octanol–water partition coefficient (Wildman–Crippen LogP) is 1.97. The molecule has 0 aliphatic heterocycles. The Morgan fingerprint density at radius 1 is 1.32 bits per heavy atom. The van der Waals surface area contributed by atoms with Crippen LogP contribution in [0, 0.1) is 5.82 Å². The van der Waals surface area contributed by atoms with Crippen LogP contribution in [0.25, 0.3) is 0 Å². The molecule has 1 aromatic heterocycles. The number of benzene rings is 1. The quantitative estimate of drug-likeness (QED) is 0.562. The zero-order valence-electron chi connectivity index (χ0n) is 11.9. The highest BCUT2D eigenvalue weighted by Gasteiger charge is 2.02. The molecule has 0 bridgehead atoms. The maximum Gasteiger partial charge on any atom is 0.246 e. The lowest BCUT2D eigenvalue weighted by Gasteiger charge is -2.06. The minimum absolute atomic E-state index is 0.117. The first-order chi connectivity index (χ1) is 10.6. The van der Waals surface area contributed by atoms with Gasteiger partial charge >= 0.3 is 0 Å². The van der Waals surface area contributed by atoms with Gasteiger partial charge in [-0.2, -0.15) is 0 Å². The number of hydrogen-bond donors (Lipinski definition) is 3. The Kier molecular flexibility index (Phi) is 5.91. The average Bonchev–Trinajstić information content (AvgIpc) is 2.98. The smallest absolute Gasteiger partial charge is 0.246 e. The second-order valence-electron chi connectivity index (χ2n) is 4.52. The molecule has 0 atom stereocenters. The fraction of sp³-hybridized carbons (Fsp3) is 0.200. The van der Waals surface area contributed by atoms with Crippen LogP contribution in [-0.4, -0.2) is 25.0 Å². The zero-order chi connectivity index (χ0) is 15.8. The fourth-order valence-electron chi connectivity index (χ4n) is 1.75. The van der Waals surface area contributed by atoms with Crippen molar-refractivity contribution < 1.29 is 9.18 Å². The van der Waals surface area contributed by atoms with E-state index in [0.29, 0.717) is 12.2 Å². The van der Waals surface area contributed by atoms with Crippen molar-refractivity contribution in [2.24, 2.45) is 10.7 Å². The SMILES string of the molecule is NC(=NCC(=O)Nc1cccc(F)c1)NCCc1cccs1. The molecule has 2 aromatic rings. The molecule has 7 heteroatoms. The summed E-state index contributed by atoms with van der Waals surface area (Å²) in [5.41, 5.74) is 6.07. The molecule has 0 unspecified atom stereocenters. The minimum atomic E-state index is -0.406. The van der Waals surface area contributed by atoms with Gasteiger partial charge in [-0.3, -0.25) is 4.79 Å². The molecular formula is C15H17FN4OS. The summed E-state index contributed by atoms with van der Waals surface area (Å²) in [5.74, 6) is -0.546. The molecule has 1 heterocycles. The van der Waals surface area contributed by atoms with Crippen LogP contribution in [0.15, 0.2) is 46.8 Å². The molecule has 0 spiro atoms. The first kappa shape index (κ1) is 16.0. The summed E-state index contributed by atoms with van der Waals surface area (Å²) in [4.78, 5) is 16.9. The van der Waals surface area contributed by atoms with E-state index >= 15 is 0 Å². The molecule has 0 aliphatic carbocycles. The molecule has 0 radical (unpaired) electrons. The van der Waals surface area contributed by atoms with Crippen LogP contribution in [0.2, 0.25) is 0 Å². The van der Waals surface area contributed by atoms with Crippen molar-refractivity contribution >= 4 is 28.9 Å². The predicted molar refractivity (Wildman–Crippen MR) is 87.5 cm³/mol. The second kappa shape index (κ2) is 8.14. The lowest BCUT2D eigenvalue weighted by molar-refractivity contribution is -0.114. The van der Waals surface area contributed by atoms with Gasteiger partial charge in [0.1, 0.15) is 12.4 Å². The largest absolute Gasteiger partial charge is 0.370 e. The van der Waals surface area contributed by atoms with E-state index in [4.69, 9.17) is 5.73 Å². The number of carbonyl (C=O) groups is 1. The van der Waals surface area contributed by atoms with E-state index < -0.39 is 5.82 Å². The Morgan fingerprint density at radius 2 is 2.18 bits per heavy atom. The highest BCUT2D eigenvalue weighted by Crippen LogP contribution is 2.09. The maximum atomic E-state index is 13.0. The number of anilines is 1. The van der Waals surface area contributed by atoms with Gasteiger partial charge in [0.15, 0.2) is 5.96 Å². The van der Waals surface area contributed by atoms with Crippen molar-refractivity contribution in [2.75, 3.05) is 18.4 Å². The van der Waals surface area contributed by atoms with Crippen LogP contribution < -0.4 is 16.4 Å². The third-order valence-electron chi connectivity index (χ3n) is 2.76. The third-order valence-corrected chi connectivity index (χ3v) is 3.70. The van der Waals surface area contributed by atoms with E-state index in [1.165, 1.54) is 23.1 Å². The molecule has 5 nitrogen and oxygen atoms in total. The fourth-order valence-corrected chi connectivity index (χ4v) is 2.46. The highest BCUT2D eigenvalue weighted by atomic mass is 32.1. The normalized spacial score (nSPS) is 11.2. The highest BCUT2D eigenvalue weighted by molar-refractivity contribution is 7.09. The Hall–Kier alpha value is -2.41. The van der Waals surface area contributed by atoms with Gasteiger partial charge in [0, 0.05) is 17.1 Å². The van der Waals surface area contributed by atoms with Gasteiger partial charge in [0.2, 0.25) is 5.91 Å². The first-order valence-corrected chi connectivity index (χ1v) is 7.63. The summed E-state index contributed by atoms with van der Waals surface area (Å²) < 4.78 is 13.0. The van der Waals surface area contributed by atoms with E-state index in [1.807, 2.05) is 17.5 Å². The van der Waals surface area contributed by atoms with Crippen LogP contribution in [0.5, 0.6) is 0 Å². The number of carbonyl (C=O) groups excluding carboxylic acids is 1. The number of thiophene rings is 1. The number of rotatable bonds is 6. The van der Waals surface area contributed by atoms with Crippen molar-refractivity contribution in [3.05, 3.63) is 52.5 Å². The van der Waals surface area contributed by atoms with Crippen LogP contribution >= 0.6 is 11.3 Å². The van der Waals surface area contributed by atoms with Crippen LogP contribution in [0.3, 0.4) is 0 Å². The van der Waals surface area contributed by atoms with Crippen molar-refractivity contribution in [3.8, 4) is 0 Å². The van der Waals surface area contributed by atoms with Gasteiger partial charge in [-0.25, -0.2) is 9.38 Å². The Labute approximate surface area is 132 Å². The summed E-state index contributed by atoms with van der Waals surface area (Å²) in [6.07, 6.45) is 0.851. The Morgan fingerprint density at radius 3 is 2.91 bits per heavy atom. The van der Waals surface area contributed by atoms with Crippen LogP contribution in [0.1, 0.15) is 4.88 Å². The first-order valence-electron chi connectivity index (χ1n) is 6.75. The molecule has 4 N–H and O–H groups in total. The van der Waals surface area contributed by atoms with Crippen LogP contribution in [-0.2, 0) is 11.2 Å². The van der Waals surface area contributed by atoms with Crippen LogP contribution in [0.4, 0.5) is 10.1 Å². The standard InChI is InChI=1S/C15H17FN4OS/c16-11-3-1-4-12(9-11)20-14(21)10-19-15(17)18-7-6-13-5-2-8-22-13/h1-5,8-9H,6-7,10H2,(H,20,21)(H3,17,18,19). The molecule has 1 amide bonds. The number of hydrogen-bond acceptors (Lipinski definition) is 3. The molecule has 0 fully saturated rings. The van der Waals surface area contributed by atoms with Crippen molar-refractivity contribution in [2.45, 2.75) is 6.42 Å². The van der Waals surface area contributed by atoms with E-state index in [0.717, 1.165) is 6.42 Å². The van der Waals surface area contributed by atoms with Gasteiger partial charge < -0.3 is 16.4 Å². The molecule has 0 saturated carbocycles. The Bertz CT molecular complexity index is 643. The van der Waals surface area contributed by atoms with Gasteiger partial charge in [-0.05, 0) is 36.1 Å². The van der Waals surface area contributed by atoms with Crippen molar-refractivity contribution in [3.63, 3.8) is 0 Å². The number of aliphatic imine (C=N–C) groups is 1. The maximum absolute atomic E-state index is 13.0. The summed E-state index contributed by atoms with van der Waals surface area (Å²) in [6, 6.07) is 9.72. The minimum Gasteiger partial charge on any atom is -0.370 e. The zero-order valence-corrected chi connectivity index (χ0v) is 12.7.